The second kappa shape index (κ2) is 8.85. The molecule has 8 heteroatoms. The van der Waals surface area contributed by atoms with Crippen molar-refractivity contribution in [3.63, 3.8) is 0 Å². The van der Waals surface area contributed by atoms with Crippen LogP contribution in [0.2, 0.25) is 0 Å². The third-order valence-corrected chi connectivity index (χ3v) is 6.32. The third-order valence-electron chi connectivity index (χ3n) is 6.32. The van der Waals surface area contributed by atoms with Gasteiger partial charge in [-0.1, -0.05) is 0 Å². The fraction of sp³-hybridized carbons (Fsp3) is 0.545. The molecule has 2 aliphatic rings. The second-order valence-electron chi connectivity index (χ2n) is 8.26. The number of hydrogen-bond acceptors (Lipinski definition) is 6. The predicted molar refractivity (Wildman–Crippen MR) is 111 cm³/mol. The Morgan fingerprint density at radius 1 is 0.900 bits per heavy atom. The van der Waals surface area contributed by atoms with E-state index in [4.69, 9.17) is 0 Å². The molecule has 2 aromatic heterocycles. The highest BCUT2D eigenvalue weighted by atomic mass is 16.2. The summed E-state index contributed by atoms with van der Waals surface area (Å²) in [6.07, 6.45) is 11.2. The van der Waals surface area contributed by atoms with Crippen LogP contribution >= 0.6 is 0 Å². The molecule has 0 aromatic carbocycles. The summed E-state index contributed by atoms with van der Waals surface area (Å²) in [7, 11) is 0. The van der Waals surface area contributed by atoms with Gasteiger partial charge in [-0.3, -0.25) is 14.6 Å². The van der Waals surface area contributed by atoms with E-state index in [9.17, 15) is 9.59 Å². The van der Waals surface area contributed by atoms with Crippen LogP contribution in [-0.4, -0.2) is 67.2 Å². The molecule has 1 unspecified atom stereocenters. The molecule has 0 saturated carbocycles. The van der Waals surface area contributed by atoms with Gasteiger partial charge in [-0.15, -0.1) is 0 Å². The Balaban J connectivity index is 1.42. The molecule has 2 aliphatic heterocycles. The highest BCUT2D eigenvalue weighted by Gasteiger charge is 2.36. The van der Waals surface area contributed by atoms with Crippen molar-refractivity contribution in [3.8, 4) is 0 Å². The molecule has 158 valence electrons. The summed E-state index contributed by atoms with van der Waals surface area (Å²) in [5.74, 6) is 0.366. The van der Waals surface area contributed by atoms with Gasteiger partial charge in [-0.2, -0.15) is 0 Å². The molecule has 30 heavy (non-hydrogen) atoms. The Morgan fingerprint density at radius 3 is 2.40 bits per heavy atom. The van der Waals surface area contributed by atoms with Crippen LogP contribution in [0.5, 0.6) is 0 Å². The van der Waals surface area contributed by atoms with Crippen LogP contribution in [0, 0.1) is 19.8 Å². The molecule has 2 fully saturated rings. The first-order chi connectivity index (χ1) is 14.5. The number of nitrogens with zero attached hydrogens (tertiary/aromatic N) is 6. The maximum Gasteiger partial charge on any atom is 0.274 e. The number of rotatable bonds is 3. The van der Waals surface area contributed by atoms with Crippen molar-refractivity contribution in [1.29, 1.82) is 0 Å². The minimum Gasteiger partial charge on any atom is -0.339 e. The first-order valence-corrected chi connectivity index (χ1v) is 10.7. The molecule has 0 aliphatic carbocycles. The van der Waals surface area contributed by atoms with Crippen molar-refractivity contribution in [3.05, 3.63) is 47.6 Å². The van der Waals surface area contributed by atoms with Crippen molar-refractivity contribution in [2.75, 3.05) is 19.6 Å². The van der Waals surface area contributed by atoms with Gasteiger partial charge >= 0.3 is 0 Å². The highest BCUT2D eigenvalue weighted by molar-refractivity contribution is 5.95. The molecule has 4 heterocycles. The summed E-state index contributed by atoms with van der Waals surface area (Å²) in [6, 6.07) is 0.202. The number of carbonyl (C=O) groups excluding carboxylic acids is 2. The van der Waals surface area contributed by atoms with E-state index in [0.29, 0.717) is 36.0 Å². The number of amides is 2. The van der Waals surface area contributed by atoms with Crippen LogP contribution in [-0.2, 0) is 0 Å². The summed E-state index contributed by atoms with van der Waals surface area (Å²) >= 11 is 0. The molecule has 2 amide bonds. The number of aryl methyl sites for hydroxylation is 2. The molecule has 2 saturated heterocycles. The van der Waals surface area contributed by atoms with Gasteiger partial charge in [0.1, 0.15) is 12.0 Å². The Kier molecular flexibility index (Phi) is 6.01. The molecule has 0 spiro atoms. The zero-order chi connectivity index (χ0) is 21.1. The summed E-state index contributed by atoms with van der Waals surface area (Å²) in [5.41, 5.74) is 2.50. The molecule has 0 radical (unpaired) electrons. The van der Waals surface area contributed by atoms with Gasteiger partial charge in [-0.25, -0.2) is 15.0 Å². The van der Waals surface area contributed by atoms with E-state index in [1.807, 2.05) is 23.6 Å². The van der Waals surface area contributed by atoms with Crippen LogP contribution in [0.25, 0.3) is 0 Å². The predicted octanol–water partition coefficient (Wildman–Crippen LogP) is 2.43. The van der Waals surface area contributed by atoms with E-state index < -0.39 is 0 Å². The van der Waals surface area contributed by atoms with Gasteiger partial charge in [-0.05, 0) is 51.9 Å². The van der Waals surface area contributed by atoms with Crippen molar-refractivity contribution < 1.29 is 9.59 Å². The van der Waals surface area contributed by atoms with Gasteiger partial charge in [0.05, 0.1) is 23.1 Å². The maximum atomic E-state index is 13.1. The van der Waals surface area contributed by atoms with Crippen molar-refractivity contribution in [2.24, 2.45) is 5.92 Å². The van der Waals surface area contributed by atoms with Crippen LogP contribution in [0.1, 0.15) is 64.3 Å². The molecule has 8 nitrogen and oxygen atoms in total. The monoisotopic (exact) mass is 408 g/mol. The van der Waals surface area contributed by atoms with Crippen LogP contribution in [0.3, 0.4) is 0 Å². The van der Waals surface area contributed by atoms with Gasteiger partial charge < -0.3 is 9.80 Å². The third kappa shape index (κ3) is 4.17. The van der Waals surface area contributed by atoms with Crippen molar-refractivity contribution >= 4 is 11.8 Å². The van der Waals surface area contributed by atoms with Gasteiger partial charge in [0.15, 0.2) is 0 Å². The molecular weight excluding hydrogens is 380 g/mol. The SMILES string of the molecule is Cc1cnc(C(=O)N2CCCCC2C2CCN(C(=O)c3cncnc3C)CC2)cn1. The maximum absolute atomic E-state index is 13.1. The molecule has 0 N–H and O–H groups in total. The molecule has 4 rings (SSSR count). The number of aromatic nitrogens is 4. The van der Waals surface area contributed by atoms with E-state index in [2.05, 4.69) is 19.9 Å². The largest absolute Gasteiger partial charge is 0.339 e. The zero-order valence-electron chi connectivity index (χ0n) is 17.6. The summed E-state index contributed by atoms with van der Waals surface area (Å²) in [4.78, 5) is 46.5. The fourth-order valence-corrected chi connectivity index (χ4v) is 4.61. The average Bonchev–Trinajstić information content (AvgIpc) is 2.79. The number of piperidine rings is 2. The first-order valence-electron chi connectivity index (χ1n) is 10.7. The lowest BCUT2D eigenvalue weighted by molar-refractivity contribution is 0.0369. The fourth-order valence-electron chi connectivity index (χ4n) is 4.61. The Morgan fingerprint density at radius 2 is 1.70 bits per heavy atom. The number of hydrogen-bond donors (Lipinski definition) is 0. The quantitative estimate of drug-likeness (QED) is 0.775. The summed E-state index contributed by atoms with van der Waals surface area (Å²) < 4.78 is 0. The summed E-state index contributed by atoms with van der Waals surface area (Å²) in [6.45, 7) is 5.85. The van der Waals surface area contributed by atoms with Crippen molar-refractivity contribution in [2.45, 2.75) is 52.0 Å². The summed E-state index contributed by atoms with van der Waals surface area (Å²) in [5, 5.41) is 0. The van der Waals surface area contributed by atoms with E-state index in [-0.39, 0.29) is 17.9 Å². The van der Waals surface area contributed by atoms with Crippen LogP contribution in [0.15, 0.2) is 24.9 Å². The van der Waals surface area contributed by atoms with E-state index in [1.165, 1.54) is 6.33 Å². The van der Waals surface area contributed by atoms with Gasteiger partial charge in [0, 0.05) is 38.1 Å². The Labute approximate surface area is 176 Å². The van der Waals surface area contributed by atoms with E-state index >= 15 is 0 Å². The van der Waals surface area contributed by atoms with E-state index in [0.717, 1.165) is 44.3 Å². The van der Waals surface area contributed by atoms with E-state index in [1.54, 1.807) is 18.6 Å². The number of likely N-dealkylation sites (tertiary alicyclic amines) is 2. The molecule has 0 bridgehead atoms. The second-order valence-corrected chi connectivity index (χ2v) is 8.26. The minimum absolute atomic E-state index is 0.00180. The lowest BCUT2D eigenvalue weighted by Crippen LogP contribution is -2.51. The average molecular weight is 409 g/mol. The highest BCUT2D eigenvalue weighted by Crippen LogP contribution is 2.31. The Bertz CT molecular complexity index is 908. The smallest absolute Gasteiger partial charge is 0.274 e. The first kappa shape index (κ1) is 20.4. The molecule has 1 atom stereocenters. The minimum atomic E-state index is -0.0252. The van der Waals surface area contributed by atoms with Crippen LogP contribution in [0.4, 0.5) is 0 Å². The van der Waals surface area contributed by atoms with Gasteiger partial charge in [0.25, 0.3) is 11.8 Å². The molecular formula is C22H28N6O2. The standard InChI is InChI=1S/C22H28N6O2/c1-15-11-25-19(13-24-15)22(30)28-8-4-3-5-20(28)17-6-9-27(10-7-17)21(29)18-12-23-14-26-16(18)2/h11-14,17,20H,3-10H2,1-2H3. The number of carbonyl (C=O) groups is 2. The molecule has 2 aromatic rings. The Hall–Kier alpha value is -2.90. The lowest BCUT2D eigenvalue weighted by Gasteiger charge is -2.43. The van der Waals surface area contributed by atoms with Crippen molar-refractivity contribution in [1.82, 2.24) is 29.7 Å². The van der Waals surface area contributed by atoms with Crippen LogP contribution < -0.4 is 0 Å². The van der Waals surface area contributed by atoms with Gasteiger partial charge in [0.2, 0.25) is 0 Å². The normalized spacial score (nSPS) is 20.3. The lowest BCUT2D eigenvalue weighted by atomic mass is 9.83. The topological polar surface area (TPSA) is 92.2 Å². The zero-order valence-corrected chi connectivity index (χ0v) is 17.6.